The molecule has 0 radical (unpaired) electrons. The van der Waals surface area contributed by atoms with E-state index in [4.69, 9.17) is 4.42 Å². The molecule has 3 rings (SSSR count). The highest BCUT2D eigenvalue weighted by molar-refractivity contribution is 7.14. The lowest BCUT2D eigenvalue weighted by Gasteiger charge is -2.13. The summed E-state index contributed by atoms with van der Waals surface area (Å²) in [5.41, 5.74) is 2.37. The summed E-state index contributed by atoms with van der Waals surface area (Å²) in [6.45, 7) is 3.73. The lowest BCUT2D eigenvalue weighted by Crippen LogP contribution is -2.34. The van der Waals surface area contributed by atoms with E-state index < -0.39 is 0 Å². The third-order valence-electron chi connectivity index (χ3n) is 4.33. The van der Waals surface area contributed by atoms with Crippen molar-refractivity contribution in [2.45, 2.75) is 39.2 Å². The Morgan fingerprint density at radius 3 is 2.71 bits per heavy atom. The molecule has 2 N–H and O–H groups in total. The Morgan fingerprint density at radius 2 is 2.00 bits per heavy atom. The highest BCUT2D eigenvalue weighted by atomic mass is 32.1. The smallest absolute Gasteiger partial charge is 0.260 e. The second-order valence-electron chi connectivity index (χ2n) is 6.66. The van der Waals surface area contributed by atoms with Crippen LogP contribution in [0.25, 0.3) is 0 Å². The fourth-order valence-corrected chi connectivity index (χ4v) is 3.53. The molecule has 0 fully saturated rings. The van der Waals surface area contributed by atoms with Crippen LogP contribution in [-0.4, -0.2) is 22.8 Å². The summed E-state index contributed by atoms with van der Waals surface area (Å²) in [6.07, 6.45) is 3.45. The summed E-state index contributed by atoms with van der Waals surface area (Å²) >= 11 is 1.30. The zero-order valence-corrected chi connectivity index (χ0v) is 16.7. The molecule has 146 valence electrons. The first kappa shape index (κ1) is 19.8. The Bertz CT molecular complexity index is 933. The molecule has 3 aromatic rings. The van der Waals surface area contributed by atoms with Gasteiger partial charge in [-0.15, -0.1) is 11.3 Å². The number of nitrogens with one attached hydrogen (secondary N) is 2. The molecule has 0 unspecified atom stereocenters. The monoisotopic (exact) mass is 397 g/mol. The minimum atomic E-state index is -0.272. The number of rotatable bonds is 8. The molecule has 2 aromatic heterocycles. The van der Waals surface area contributed by atoms with E-state index in [-0.39, 0.29) is 24.3 Å². The van der Waals surface area contributed by atoms with Crippen molar-refractivity contribution in [1.82, 2.24) is 10.3 Å². The number of hydrogen-bond acceptors (Lipinski definition) is 5. The van der Waals surface area contributed by atoms with Crippen LogP contribution in [0.2, 0.25) is 0 Å². The number of benzene rings is 1. The zero-order chi connectivity index (χ0) is 19.9. The van der Waals surface area contributed by atoms with Crippen molar-refractivity contribution < 1.29 is 14.0 Å². The fraction of sp³-hybridized carbons (Fsp3) is 0.286. The molecule has 0 aliphatic rings. The highest BCUT2D eigenvalue weighted by Crippen LogP contribution is 2.18. The summed E-state index contributed by atoms with van der Waals surface area (Å²) in [5.74, 6) is 0.207. The van der Waals surface area contributed by atoms with Crippen molar-refractivity contribution in [3.05, 3.63) is 70.6 Å². The molecule has 1 aromatic carbocycles. The fourth-order valence-electron chi connectivity index (χ4n) is 2.82. The van der Waals surface area contributed by atoms with Crippen LogP contribution in [0.5, 0.6) is 0 Å². The first-order chi connectivity index (χ1) is 13.5. The Hall–Kier alpha value is -2.93. The maximum atomic E-state index is 12.3. The zero-order valence-electron chi connectivity index (χ0n) is 15.9. The van der Waals surface area contributed by atoms with E-state index in [0.29, 0.717) is 22.1 Å². The summed E-state index contributed by atoms with van der Waals surface area (Å²) < 4.78 is 5.14. The average Bonchev–Trinajstić information content (AvgIpc) is 3.29. The number of aryl methyl sites for hydroxylation is 2. The minimum Gasteiger partial charge on any atom is -0.469 e. The van der Waals surface area contributed by atoms with Crippen molar-refractivity contribution in [2.75, 3.05) is 5.32 Å². The van der Waals surface area contributed by atoms with Gasteiger partial charge in [-0.05, 0) is 38.3 Å². The van der Waals surface area contributed by atoms with Gasteiger partial charge in [0.2, 0.25) is 5.91 Å². The first-order valence-corrected chi connectivity index (χ1v) is 10.0. The van der Waals surface area contributed by atoms with Gasteiger partial charge < -0.3 is 9.73 Å². The molecule has 0 aliphatic carbocycles. The SMILES string of the molecule is Cc1occc1C(=O)Nc1nc(CC(=O)N[C@H](C)CCc2ccccc2)cs1. The van der Waals surface area contributed by atoms with E-state index in [0.717, 1.165) is 12.8 Å². The van der Waals surface area contributed by atoms with Crippen molar-refractivity contribution in [2.24, 2.45) is 0 Å². The lowest BCUT2D eigenvalue weighted by molar-refractivity contribution is -0.121. The predicted octanol–water partition coefficient (Wildman–Crippen LogP) is 3.98. The standard InChI is InChI=1S/C21H23N3O3S/c1-14(8-9-16-6-4-3-5-7-16)22-19(25)12-17-13-28-21(23-17)24-20(26)18-10-11-27-15(18)2/h3-7,10-11,13-14H,8-9,12H2,1-2H3,(H,22,25)(H,23,24,26)/t14-/m1/s1. The number of hydrogen-bond donors (Lipinski definition) is 2. The van der Waals surface area contributed by atoms with Crippen LogP contribution >= 0.6 is 11.3 Å². The largest absolute Gasteiger partial charge is 0.469 e. The van der Waals surface area contributed by atoms with Crippen molar-refractivity contribution in [1.29, 1.82) is 0 Å². The summed E-state index contributed by atoms with van der Waals surface area (Å²) in [6, 6.07) is 11.9. The maximum Gasteiger partial charge on any atom is 0.260 e. The van der Waals surface area contributed by atoms with Crippen LogP contribution in [0.3, 0.4) is 0 Å². The van der Waals surface area contributed by atoms with Crippen molar-refractivity contribution in [3.63, 3.8) is 0 Å². The van der Waals surface area contributed by atoms with Crippen LogP contribution in [0.1, 0.15) is 40.7 Å². The van der Waals surface area contributed by atoms with E-state index >= 15 is 0 Å². The Balaban J connectivity index is 1.45. The van der Waals surface area contributed by atoms with E-state index in [1.165, 1.54) is 23.2 Å². The topological polar surface area (TPSA) is 84.2 Å². The van der Waals surface area contributed by atoms with Crippen LogP contribution in [0, 0.1) is 6.92 Å². The Kier molecular flexibility index (Phi) is 6.60. The minimum absolute atomic E-state index is 0.0746. The highest BCUT2D eigenvalue weighted by Gasteiger charge is 2.15. The molecule has 2 amide bonds. The third-order valence-corrected chi connectivity index (χ3v) is 5.14. The molecule has 1 atom stereocenters. The number of nitrogens with zero attached hydrogens (tertiary/aromatic N) is 1. The molecule has 0 bridgehead atoms. The molecule has 6 nitrogen and oxygen atoms in total. The van der Waals surface area contributed by atoms with Gasteiger partial charge in [0.25, 0.3) is 5.91 Å². The molecule has 7 heteroatoms. The van der Waals surface area contributed by atoms with Gasteiger partial charge in [-0.1, -0.05) is 30.3 Å². The Morgan fingerprint density at radius 1 is 1.21 bits per heavy atom. The van der Waals surface area contributed by atoms with E-state index in [9.17, 15) is 9.59 Å². The third kappa shape index (κ3) is 5.53. The molecule has 28 heavy (non-hydrogen) atoms. The van der Waals surface area contributed by atoms with Gasteiger partial charge >= 0.3 is 0 Å². The number of aromatic nitrogens is 1. The number of carbonyl (C=O) groups excluding carboxylic acids is 2. The predicted molar refractivity (Wildman–Crippen MR) is 110 cm³/mol. The number of furan rings is 1. The molecule has 0 spiro atoms. The molecule has 0 saturated heterocycles. The molecule has 0 saturated carbocycles. The van der Waals surface area contributed by atoms with Gasteiger partial charge in [0, 0.05) is 11.4 Å². The van der Waals surface area contributed by atoms with Crippen LogP contribution in [0.15, 0.2) is 52.5 Å². The first-order valence-electron chi connectivity index (χ1n) is 9.14. The van der Waals surface area contributed by atoms with Gasteiger partial charge in [0.1, 0.15) is 5.76 Å². The summed E-state index contributed by atoms with van der Waals surface area (Å²) in [4.78, 5) is 28.8. The van der Waals surface area contributed by atoms with Gasteiger partial charge in [0.05, 0.1) is 23.9 Å². The van der Waals surface area contributed by atoms with Crippen LogP contribution in [-0.2, 0) is 17.6 Å². The molecule has 2 heterocycles. The van der Waals surface area contributed by atoms with Gasteiger partial charge in [-0.25, -0.2) is 4.98 Å². The lowest BCUT2D eigenvalue weighted by atomic mass is 10.1. The van der Waals surface area contributed by atoms with E-state index in [2.05, 4.69) is 27.8 Å². The Labute approximate surface area is 168 Å². The van der Waals surface area contributed by atoms with E-state index in [1.807, 2.05) is 25.1 Å². The van der Waals surface area contributed by atoms with Gasteiger partial charge in [-0.2, -0.15) is 0 Å². The quantitative estimate of drug-likeness (QED) is 0.602. The number of thiazole rings is 1. The molecule has 0 aliphatic heterocycles. The molecular formula is C21H23N3O3S. The summed E-state index contributed by atoms with van der Waals surface area (Å²) in [5, 5.41) is 7.99. The normalized spacial score (nSPS) is 11.8. The van der Waals surface area contributed by atoms with Crippen molar-refractivity contribution >= 4 is 28.3 Å². The number of anilines is 1. The van der Waals surface area contributed by atoms with Gasteiger partial charge in [-0.3, -0.25) is 14.9 Å². The second-order valence-corrected chi connectivity index (χ2v) is 7.52. The van der Waals surface area contributed by atoms with Gasteiger partial charge in [0.15, 0.2) is 5.13 Å². The van der Waals surface area contributed by atoms with E-state index in [1.54, 1.807) is 18.4 Å². The number of carbonyl (C=O) groups is 2. The average molecular weight is 398 g/mol. The van der Waals surface area contributed by atoms with Crippen LogP contribution < -0.4 is 10.6 Å². The summed E-state index contributed by atoms with van der Waals surface area (Å²) in [7, 11) is 0. The second kappa shape index (κ2) is 9.32. The van der Waals surface area contributed by atoms with Crippen molar-refractivity contribution in [3.8, 4) is 0 Å². The molecular weight excluding hydrogens is 374 g/mol. The van der Waals surface area contributed by atoms with Crippen LogP contribution in [0.4, 0.5) is 5.13 Å². The maximum absolute atomic E-state index is 12.3. The number of amides is 2.